The first-order valence-corrected chi connectivity index (χ1v) is 11.0. The highest BCUT2D eigenvalue weighted by Gasteiger charge is 2.48. The van der Waals surface area contributed by atoms with Gasteiger partial charge in [-0.1, -0.05) is 30.3 Å². The smallest absolute Gasteiger partial charge is 0.302 e. The van der Waals surface area contributed by atoms with Gasteiger partial charge < -0.3 is 14.8 Å². The van der Waals surface area contributed by atoms with E-state index in [2.05, 4.69) is 25.9 Å². The summed E-state index contributed by atoms with van der Waals surface area (Å²) in [6.07, 6.45) is 0. The van der Waals surface area contributed by atoms with E-state index >= 15 is 0 Å². The van der Waals surface area contributed by atoms with Crippen LogP contribution in [0.25, 0.3) is 16.8 Å². The number of amides is 1. The van der Waals surface area contributed by atoms with Crippen LogP contribution in [0.1, 0.15) is 17.2 Å². The number of nitrogens with one attached hydrogen (secondary N) is 1. The number of hydrogen-bond acceptors (Lipinski definition) is 5. The number of carbonyl (C=O) groups is 2. The van der Waals surface area contributed by atoms with Gasteiger partial charge in [0, 0.05) is 5.56 Å². The Bertz CT molecular complexity index is 1480. The molecule has 1 atom stereocenters. The van der Waals surface area contributed by atoms with Gasteiger partial charge in [0.2, 0.25) is 5.95 Å². The molecule has 0 bridgehead atoms. The van der Waals surface area contributed by atoms with Crippen LogP contribution < -0.4 is 9.64 Å². The quantitative estimate of drug-likeness (QED) is 0.221. The fourth-order valence-corrected chi connectivity index (χ4v) is 4.59. The number of nitrogens with zero attached hydrogens (tertiary/aromatic N) is 2. The predicted octanol–water partition coefficient (Wildman–Crippen LogP) is 5.10. The van der Waals surface area contributed by atoms with Crippen molar-refractivity contribution in [3.05, 3.63) is 93.7 Å². The van der Waals surface area contributed by atoms with E-state index in [1.807, 2.05) is 0 Å². The third-order valence-corrected chi connectivity index (χ3v) is 6.26. The second-order valence-corrected chi connectivity index (χ2v) is 8.51. The Labute approximate surface area is 201 Å². The first kappa shape index (κ1) is 21.8. The van der Waals surface area contributed by atoms with E-state index in [0.29, 0.717) is 32.4 Å². The van der Waals surface area contributed by atoms with Crippen molar-refractivity contribution in [1.29, 1.82) is 0 Å². The van der Waals surface area contributed by atoms with Gasteiger partial charge in [-0.3, -0.25) is 14.5 Å². The highest BCUT2D eigenvalue weighted by molar-refractivity contribution is 9.10. The van der Waals surface area contributed by atoms with Crippen molar-refractivity contribution >= 4 is 50.4 Å². The summed E-state index contributed by atoms with van der Waals surface area (Å²) in [5.41, 5.74) is 1.66. The minimum atomic E-state index is -0.951. The molecule has 1 saturated heterocycles. The number of carbonyl (C=O) groups excluding carboxylic acids is 2. The molecular formula is C25H17BrFN3O4. The Morgan fingerprint density at radius 1 is 1.12 bits per heavy atom. The number of aliphatic hydroxyl groups excluding tert-OH is 1. The number of Topliss-reactive ketones (excluding diaryl/α,β-unsaturated/α-hetero) is 1. The molecule has 2 N–H and O–H groups in total. The number of aromatic amines is 1. The Morgan fingerprint density at radius 3 is 2.59 bits per heavy atom. The molecule has 34 heavy (non-hydrogen) atoms. The van der Waals surface area contributed by atoms with E-state index in [0.717, 1.165) is 0 Å². The maximum Gasteiger partial charge on any atom is 0.302 e. The van der Waals surface area contributed by atoms with Gasteiger partial charge in [0.15, 0.2) is 0 Å². The van der Waals surface area contributed by atoms with Crippen LogP contribution >= 0.6 is 15.9 Å². The zero-order valence-electron chi connectivity index (χ0n) is 17.8. The van der Waals surface area contributed by atoms with Gasteiger partial charge in [-0.2, -0.15) is 0 Å². The number of ether oxygens (including phenoxy) is 1. The number of benzene rings is 3. The lowest BCUT2D eigenvalue weighted by Crippen LogP contribution is -2.30. The van der Waals surface area contributed by atoms with Gasteiger partial charge in [-0.15, -0.1) is 0 Å². The lowest BCUT2D eigenvalue weighted by Gasteiger charge is -2.23. The Balaban J connectivity index is 1.71. The largest absolute Gasteiger partial charge is 0.507 e. The van der Waals surface area contributed by atoms with Gasteiger partial charge in [0.05, 0.1) is 34.2 Å². The highest BCUT2D eigenvalue weighted by Crippen LogP contribution is 2.42. The molecule has 9 heteroatoms. The molecule has 2 heterocycles. The summed E-state index contributed by atoms with van der Waals surface area (Å²) in [7, 11) is 1.51. The van der Waals surface area contributed by atoms with E-state index in [-0.39, 0.29) is 17.3 Å². The fourth-order valence-electron chi connectivity index (χ4n) is 4.05. The van der Waals surface area contributed by atoms with Crippen molar-refractivity contribution in [3.63, 3.8) is 0 Å². The average Bonchev–Trinajstić information content (AvgIpc) is 3.37. The Morgan fingerprint density at radius 2 is 1.88 bits per heavy atom. The van der Waals surface area contributed by atoms with E-state index < -0.39 is 23.5 Å². The van der Waals surface area contributed by atoms with Gasteiger partial charge in [0.25, 0.3) is 5.78 Å². The number of hydrogen-bond donors (Lipinski definition) is 2. The second kappa shape index (κ2) is 8.42. The molecule has 0 aliphatic carbocycles. The van der Waals surface area contributed by atoms with Crippen molar-refractivity contribution in [2.24, 2.45) is 0 Å². The van der Waals surface area contributed by atoms with Crippen LogP contribution in [0.15, 0.2) is 76.8 Å². The van der Waals surface area contributed by atoms with Crippen molar-refractivity contribution in [2.45, 2.75) is 6.04 Å². The number of halogens is 2. The van der Waals surface area contributed by atoms with Crippen LogP contribution in [0, 0.1) is 5.82 Å². The highest BCUT2D eigenvalue weighted by atomic mass is 79.9. The molecule has 1 amide bonds. The first-order valence-electron chi connectivity index (χ1n) is 10.2. The number of rotatable bonds is 4. The van der Waals surface area contributed by atoms with Crippen molar-refractivity contribution in [3.8, 4) is 5.75 Å². The van der Waals surface area contributed by atoms with Crippen molar-refractivity contribution in [2.75, 3.05) is 12.0 Å². The van der Waals surface area contributed by atoms with Gasteiger partial charge >= 0.3 is 5.91 Å². The maximum atomic E-state index is 13.7. The number of aliphatic hydroxyl groups is 1. The number of ketones is 1. The van der Waals surface area contributed by atoms with E-state index in [1.54, 1.807) is 48.5 Å². The predicted molar refractivity (Wildman–Crippen MR) is 128 cm³/mol. The molecule has 0 saturated carbocycles. The second-order valence-electron chi connectivity index (χ2n) is 7.65. The number of methoxy groups -OCH3 is 1. The lowest BCUT2D eigenvalue weighted by molar-refractivity contribution is -0.132. The van der Waals surface area contributed by atoms with Crippen LogP contribution in [-0.2, 0) is 9.59 Å². The molecular weight excluding hydrogens is 505 g/mol. The van der Waals surface area contributed by atoms with Crippen LogP contribution in [0.5, 0.6) is 5.75 Å². The van der Waals surface area contributed by atoms with E-state index in [1.165, 1.54) is 30.2 Å². The zero-order chi connectivity index (χ0) is 24.0. The molecule has 7 nitrogen and oxygen atoms in total. The summed E-state index contributed by atoms with van der Waals surface area (Å²) in [5.74, 6) is -1.89. The van der Waals surface area contributed by atoms with Crippen LogP contribution in [0.4, 0.5) is 10.3 Å². The normalized spacial score (nSPS) is 17.5. The van der Waals surface area contributed by atoms with Crippen LogP contribution in [-0.4, -0.2) is 33.9 Å². The third kappa shape index (κ3) is 3.54. The fraction of sp³-hybridized carbons (Fsp3) is 0.0800. The molecule has 4 aromatic rings. The molecule has 5 rings (SSSR count). The summed E-state index contributed by atoms with van der Waals surface area (Å²) in [4.78, 5) is 35.0. The van der Waals surface area contributed by atoms with Gasteiger partial charge in [-0.05, 0) is 57.9 Å². The average molecular weight is 522 g/mol. The van der Waals surface area contributed by atoms with E-state index in [9.17, 15) is 19.1 Å². The standard InChI is InChI=1S/C25H17BrFN3O4/c1-34-19-10-7-14(11-16(19)26)22(31)20-21(13-5-3-2-4-6-13)30(24(33)23(20)32)25-28-17-9-8-15(27)12-18(17)29-25/h2-12,21,31H,1H3,(H,28,29)/b22-20+. The summed E-state index contributed by atoms with van der Waals surface area (Å²) in [6, 6.07) is 16.7. The molecule has 1 aliphatic heterocycles. The first-order chi connectivity index (χ1) is 16.4. The number of H-pyrrole nitrogens is 1. The summed E-state index contributed by atoms with van der Waals surface area (Å²) >= 11 is 3.38. The molecule has 0 spiro atoms. The third-order valence-electron chi connectivity index (χ3n) is 5.64. The SMILES string of the molecule is COc1ccc(/C(O)=C2\C(=O)C(=O)N(c3nc4ccc(F)cc4[nH]3)C2c2ccccc2)cc1Br. The van der Waals surface area contributed by atoms with Crippen molar-refractivity contribution in [1.82, 2.24) is 9.97 Å². The molecule has 0 radical (unpaired) electrons. The summed E-state index contributed by atoms with van der Waals surface area (Å²) in [5, 5.41) is 11.2. The van der Waals surface area contributed by atoms with Crippen molar-refractivity contribution < 1.29 is 23.8 Å². The minimum Gasteiger partial charge on any atom is -0.507 e. The molecule has 1 fully saturated rings. The topological polar surface area (TPSA) is 95.5 Å². The minimum absolute atomic E-state index is 0.0755. The van der Waals surface area contributed by atoms with Gasteiger partial charge in [-0.25, -0.2) is 9.37 Å². The number of imidazole rings is 1. The maximum absolute atomic E-state index is 13.7. The molecule has 1 aromatic heterocycles. The molecule has 3 aromatic carbocycles. The summed E-state index contributed by atoms with van der Waals surface area (Å²) in [6.45, 7) is 0. The Kier molecular flexibility index (Phi) is 5.41. The lowest BCUT2D eigenvalue weighted by atomic mass is 9.95. The zero-order valence-corrected chi connectivity index (χ0v) is 19.3. The monoisotopic (exact) mass is 521 g/mol. The number of aromatic nitrogens is 2. The van der Waals surface area contributed by atoms with Crippen LogP contribution in [0.3, 0.4) is 0 Å². The van der Waals surface area contributed by atoms with E-state index in [4.69, 9.17) is 4.74 Å². The molecule has 170 valence electrons. The molecule has 1 aliphatic rings. The molecule has 1 unspecified atom stereocenters. The Hall–Kier alpha value is -3.98. The summed E-state index contributed by atoms with van der Waals surface area (Å²) < 4.78 is 19.5. The van der Waals surface area contributed by atoms with Crippen LogP contribution in [0.2, 0.25) is 0 Å². The number of anilines is 1. The number of fused-ring (bicyclic) bond motifs is 1. The van der Waals surface area contributed by atoms with Gasteiger partial charge in [0.1, 0.15) is 17.3 Å².